The van der Waals surface area contributed by atoms with Crippen LogP contribution in [0, 0.1) is 0 Å². The molecule has 0 aliphatic carbocycles. The molecule has 0 radical (unpaired) electrons. The molecule has 0 saturated heterocycles. The maximum atomic E-state index is 12.2. The van der Waals surface area contributed by atoms with E-state index in [2.05, 4.69) is 4.52 Å². The normalized spacial score (nSPS) is 13.5. The van der Waals surface area contributed by atoms with Crippen LogP contribution in [0.4, 0.5) is 4.39 Å². The summed E-state index contributed by atoms with van der Waals surface area (Å²) in [6.07, 6.45) is -1.59. The van der Waals surface area contributed by atoms with Crippen molar-refractivity contribution in [3.63, 3.8) is 0 Å². The van der Waals surface area contributed by atoms with E-state index in [1.165, 1.54) is 0 Å². The summed E-state index contributed by atoms with van der Waals surface area (Å²) in [6, 6.07) is 8.45. The van der Waals surface area contributed by atoms with Crippen LogP contribution in [0.3, 0.4) is 0 Å². The van der Waals surface area contributed by atoms with Gasteiger partial charge in [-0.15, -0.1) is 0 Å². The van der Waals surface area contributed by atoms with Crippen LogP contribution in [0.1, 0.15) is 6.92 Å². The highest BCUT2D eigenvalue weighted by molar-refractivity contribution is 7.33. The van der Waals surface area contributed by atoms with Crippen molar-refractivity contribution >= 4 is 8.25 Å². The fourth-order valence-electron chi connectivity index (χ4n) is 0.708. The Labute approximate surface area is 76.4 Å². The predicted molar refractivity (Wildman–Crippen MR) is 46.3 cm³/mol. The van der Waals surface area contributed by atoms with Crippen molar-refractivity contribution in [1.29, 1.82) is 0 Å². The largest absolute Gasteiger partial charge is 0.753 e. The summed E-state index contributed by atoms with van der Waals surface area (Å²) in [7, 11) is -2.42. The van der Waals surface area contributed by atoms with Gasteiger partial charge in [0.25, 0.3) is 6.36 Å². The Morgan fingerprint density at radius 3 is 2.54 bits per heavy atom. The molecule has 0 saturated carbocycles. The van der Waals surface area contributed by atoms with Gasteiger partial charge in [0.2, 0.25) is 0 Å². The fourth-order valence-corrected chi connectivity index (χ4v) is 1.28. The van der Waals surface area contributed by atoms with Crippen LogP contribution in [0.5, 0.6) is 5.75 Å². The Morgan fingerprint density at radius 1 is 1.38 bits per heavy atom. The van der Waals surface area contributed by atoms with Gasteiger partial charge in [0.1, 0.15) is 0 Å². The third-order valence-electron chi connectivity index (χ3n) is 1.15. The zero-order chi connectivity index (χ0) is 9.68. The van der Waals surface area contributed by atoms with Gasteiger partial charge in [0, 0.05) is 4.57 Å². The quantitative estimate of drug-likeness (QED) is 0.705. The minimum Gasteiger partial charge on any atom is -0.229 e. The van der Waals surface area contributed by atoms with Gasteiger partial charge in [-0.25, -0.2) is 8.91 Å². The Balaban J connectivity index is 2.46. The highest BCUT2D eigenvalue weighted by atomic mass is 31.1. The summed E-state index contributed by atoms with van der Waals surface area (Å²) in [4.78, 5) is 0. The van der Waals surface area contributed by atoms with E-state index in [1.807, 2.05) is 0 Å². The molecule has 1 rings (SSSR count). The molecule has 1 aromatic carbocycles. The monoisotopic (exact) mass is 203 g/mol. The molecule has 0 amide bonds. The van der Waals surface area contributed by atoms with E-state index in [0.29, 0.717) is 5.75 Å². The number of benzene rings is 1. The SMILES string of the molecule is CC(F)O[P+](=O)Oc1ccccc1. The van der Waals surface area contributed by atoms with Gasteiger partial charge in [-0.05, 0) is 19.1 Å². The smallest absolute Gasteiger partial charge is 0.229 e. The van der Waals surface area contributed by atoms with Gasteiger partial charge in [-0.3, -0.25) is 0 Å². The van der Waals surface area contributed by atoms with Gasteiger partial charge in [0.15, 0.2) is 5.75 Å². The highest BCUT2D eigenvalue weighted by Gasteiger charge is 2.25. The lowest BCUT2D eigenvalue weighted by atomic mass is 10.3. The zero-order valence-corrected chi connectivity index (χ0v) is 7.91. The second-order valence-corrected chi connectivity index (χ2v) is 3.12. The van der Waals surface area contributed by atoms with Crippen molar-refractivity contribution in [2.24, 2.45) is 0 Å². The number of para-hydroxylation sites is 1. The Morgan fingerprint density at radius 2 is 2.00 bits per heavy atom. The average molecular weight is 203 g/mol. The molecule has 70 valence electrons. The molecule has 5 heteroatoms. The molecule has 0 spiro atoms. The van der Waals surface area contributed by atoms with Crippen molar-refractivity contribution in [2.75, 3.05) is 0 Å². The van der Waals surface area contributed by atoms with Crippen LogP contribution < -0.4 is 4.52 Å². The van der Waals surface area contributed by atoms with E-state index in [-0.39, 0.29) is 0 Å². The van der Waals surface area contributed by atoms with Crippen molar-refractivity contribution in [1.82, 2.24) is 0 Å². The molecule has 0 bridgehead atoms. The summed E-state index contributed by atoms with van der Waals surface area (Å²) >= 11 is 0. The van der Waals surface area contributed by atoms with Gasteiger partial charge >= 0.3 is 8.25 Å². The Kier molecular flexibility index (Phi) is 3.80. The first-order valence-electron chi connectivity index (χ1n) is 3.69. The van der Waals surface area contributed by atoms with E-state index >= 15 is 0 Å². The summed E-state index contributed by atoms with van der Waals surface area (Å²) in [6.45, 7) is 1.14. The summed E-state index contributed by atoms with van der Waals surface area (Å²) in [5, 5.41) is 0. The first-order valence-corrected chi connectivity index (χ1v) is 4.79. The maximum absolute atomic E-state index is 12.2. The Hall–Kier alpha value is -0.990. The molecule has 0 N–H and O–H groups in total. The second-order valence-electron chi connectivity index (χ2n) is 2.28. The molecule has 1 aromatic rings. The molecule has 0 fully saturated rings. The molecule has 13 heavy (non-hydrogen) atoms. The van der Waals surface area contributed by atoms with Gasteiger partial charge < -0.3 is 0 Å². The van der Waals surface area contributed by atoms with E-state index in [0.717, 1.165) is 6.92 Å². The van der Waals surface area contributed by atoms with Crippen molar-refractivity contribution in [3.8, 4) is 5.75 Å². The minimum atomic E-state index is -2.42. The Bertz CT molecular complexity index is 276. The molecule has 0 aliphatic rings. The third kappa shape index (κ3) is 3.97. The fraction of sp³-hybridized carbons (Fsp3) is 0.250. The first kappa shape index (κ1) is 10.1. The lowest BCUT2D eigenvalue weighted by molar-refractivity contribution is 0.0836. The number of hydrogen-bond donors (Lipinski definition) is 0. The topological polar surface area (TPSA) is 35.5 Å². The van der Waals surface area contributed by atoms with Crippen LogP contribution in [-0.2, 0) is 9.09 Å². The van der Waals surface area contributed by atoms with Crippen LogP contribution in [0.2, 0.25) is 0 Å². The first-order chi connectivity index (χ1) is 6.18. The maximum Gasteiger partial charge on any atom is 0.753 e. The van der Waals surface area contributed by atoms with E-state index < -0.39 is 14.6 Å². The number of hydrogen-bond acceptors (Lipinski definition) is 3. The van der Waals surface area contributed by atoms with Crippen molar-refractivity contribution < 1.29 is 18.0 Å². The zero-order valence-electron chi connectivity index (χ0n) is 7.01. The van der Waals surface area contributed by atoms with Gasteiger partial charge in [-0.1, -0.05) is 22.7 Å². The summed E-state index contributed by atoms with van der Waals surface area (Å²) in [5.74, 6) is 0.393. The number of halogens is 1. The molecule has 3 nitrogen and oxygen atoms in total. The average Bonchev–Trinajstić information content (AvgIpc) is 2.04. The molecule has 0 aliphatic heterocycles. The van der Waals surface area contributed by atoms with E-state index in [9.17, 15) is 8.96 Å². The molecule has 2 atom stereocenters. The van der Waals surface area contributed by atoms with Crippen molar-refractivity contribution in [2.45, 2.75) is 13.3 Å². The van der Waals surface area contributed by atoms with Gasteiger partial charge in [0.05, 0.1) is 0 Å². The number of rotatable bonds is 4. The van der Waals surface area contributed by atoms with Gasteiger partial charge in [-0.2, -0.15) is 0 Å². The molecular weight excluding hydrogens is 194 g/mol. The van der Waals surface area contributed by atoms with Crippen LogP contribution in [-0.4, -0.2) is 6.36 Å². The lowest BCUT2D eigenvalue weighted by Crippen LogP contribution is -1.94. The molecule has 0 heterocycles. The molecule has 2 unspecified atom stereocenters. The second kappa shape index (κ2) is 4.90. The van der Waals surface area contributed by atoms with Crippen LogP contribution in [0.15, 0.2) is 30.3 Å². The van der Waals surface area contributed by atoms with Crippen LogP contribution in [0.25, 0.3) is 0 Å². The van der Waals surface area contributed by atoms with Crippen LogP contribution >= 0.6 is 8.25 Å². The lowest BCUT2D eigenvalue weighted by Gasteiger charge is -1.91. The molecular formula is C8H9FO3P+. The standard InChI is InChI=1S/C8H9FO3P/c1-7(9)11-13(10)12-8-5-3-2-4-6-8/h2-7H,1H3/q+1. The summed E-state index contributed by atoms with van der Waals surface area (Å²) in [5.41, 5.74) is 0. The van der Waals surface area contributed by atoms with E-state index in [4.69, 9.17) is 4.52 Å². The predicted octanol–water partition coefficient (Wildman–Crippen LogP) is 3.05. The minimum absolute atomic E-state index is 0.393. The molecule has 0 aromatic heterocycles. The third-order valence-corrected chi connectivity index (χ3v) is 1.98. The highest BCUT2D eigenvalue weighted by Crippen LogP contribution is 2.29. The van der Waals surface area contributed by atoms with Crippen molar-refractivity contribution in [3.05, 3.63) is 30.3 Å². The number of alkyl halides is 1. The summed E-state index contributed by atoms with van der Waals surface area (Å²) < 4.78 is 32.1. The van der Waals surface area contributed by atoms with E-state index in [1.54, 1.807) is 30.3 Å².